The molecule has 2 rings (SSSR count). The average molecular weight is 233 g/mol. The Morgan fingerprint density at radius 2 is 2.29 bits per heavy atom. The molecule has 1 aromatic carbocycles. The van der Waals surface area contributed by atoms with E-state index >= 15 is 0 Å². The highest BCUT2D eigenvalue weighted by molar-refractivity contribution is 5.94. The first-order valence-corrected chi connectivity index (χ1v) is 6.00. The van der Waals surface area contributed by atoms with Crippen LogP contribution in [0.2, 0.25) is 0 Å². The van der Waals surface area contributed by atoms with Crippen molar-refractivity contribution in [2.75, 3.05) is 18.0 Å². The number of rotatable bonds is 3. The summed E-state index contributed by atoms with van der Waals surface area (Å²) in [6.45, 7) is 3.63. The van der Waals surface area contributed by atoms with Crippen LogP contribution < -0.4 is 16.4 Å². The maximum Gasteiger partial charge on any atom is 0.248 e. The molecule has 0 saturated carbocycles. The van der Waals surface area contributed by atoms with Crippen LogP contribution in [-0.2, 0) is 0 Å². The lowest BCUT2D eigenvalue weighted by Gasteiger charge is -2.26. The lowest BCUT2D eigenvalue weighted by molar-refractivity contribution is 0.1000. The summed E-state index contributed by atoms with van der Waals surface area (Å²) in [5.74, 6) is -0.370. The summed E-state index contributed by atoms with van der Waals surface area (Å²) in [5, 5.41) is 0. The van der Waals surface area contributed by atoms with Gasteiger partial charge in [-0.1, -0.05) is 0 Å². The number of aryl methyl sites for hydroxylation is 1. The number of carbonyl (C=O) groups is 1. The van der Waals surface area contributed by atoms with Crippen molar-refractivity contribution in [1.29, 1.82) is 0 Å². The summed E-state index contributed by atoms with van der Waals surface area (Å²) in [6, 6.07) is 6.21. The Hall–Kier alpha value is -1.55. The molecule has 4 heteroatoms. The van der Waals surface area contributed by atoms with Gasteiger partial charge >= 0.3 is 0 Å². The first-order chi connectivity index (χ1) is 8.13. The highest BCUT2D eigenvalue weighted by Crippen LogP contribution is 2.26. The van der Waals surface area contributed by atoms with E-state index in [0.717, 1.165) is 24.2 Å². The molecule has 0 spiro atoms. The minimum Gasteiger partial charge on any atom is -0.367 e. The molecule has 0 aliphatic carbocycles. The molecule has 1 atom stereocenters. The Balaban J connectivity index is 2.28. The van der Waals surface area contributed by atoms with Gasteiger partial charge in [0.15, 0.2) is 0 Å². The molecule has 0 bridgehead atoms. The molecule has 17 heavy (non-hydrogen) atoms. The zero-order valence-corrected chi connectivity index (χ0v) is 10.1. The van der Waals surface area contributed by atoms with Crippen LogP contribution in [0.1, 0.15) is 28.8 Å². The van der Waals surface area contributed by atoms with Crippen LogP contribution in [0.15, 0.2) is 18.2 Å². The van der Waals surface area contributed by atoms with Crippen molar-refractivity contribution < 1.29 is 4.79 Å². The molecule has 4 N–H and O–H groups in total. The van der Waals surface area contributed by atoms with Crippen LogP contribution in [-0.4, -0.2) is 25.0 Å². The second kappa shape index (κ2) is 4.75. The highest BCUT2D eigenvalue weighted by atomic mass is 16.1. The molecule has 1 unspecified atom stereocenters. The van der Waals surface area contributed by atoms with Gasteiger partial charge in [-0.3, -0.25) is 4.79 Å². The van der Waals surface area contributed by atoms with Crippen molar-refractivity contribution in [1.82, 2.24) is 0 Å². The Kier molecular flexibility index (Phi) is 3.33. The van der Waals surface area contributed by atoms with Gasteiger partial charge in [0.05, 0.1) is 0 Å². The van der Waals surface area contributed by atoms with E-state index in [9.17, 15) is 4.79 Å². The topological polar surface area (TPSA) is 72.3 Å². The predicted octanol–water partition coefficient (Wildman–Crippen LogP) is 1.02. The van der Waals surface area contributed by atoms with Crippen molar-refractivity contribution >= 4 is 11.6 Å². The quantitative estimate of drug-likeness (QED) is 0.818. The third kappa shape index (κ3) is 2.26. The number of amides is 1. The van der Waals surface area contributed by atoms with Crippen LogP contribution in [0.5, 0.6) is 0 Å². The second-order valence-corrected chi connectivity index (χ2v) is 4.59. The monoisotopic (exact) mass is 233 g/mol. The first kappa shape index (κ1) is 11.9. The fourth-order valence-corrected chi connectivity index (χ4v) is 2.52. The smallest absolute Gasteiger partial charge is 0.248 e. The summed E-state index contributed by atoms with van der Waals surface area (Å²) in [7, 11) is 0. The second-order valence-electron chi connectivity index (χ2n) is 4.59. The Morgan fingerprint density at radius 1 is 1.53 bits per heavy atom. The van der Waals surface area contributed by atoms with E-state index in [0.29, 0.717) is 18.2 Å². The number of carbonyl (C=O) groups excluding carboxylic acids is 1. The third-order valence-corrected chi connectivity index (χ3v) is 3.46. The molecule has 1 saturated heterocycles. The standard InChI is InChI=1S/C13H19N3O/c1-9-7-10(4-5-12(9)13(15)17)16-6-2-3-11(16)8-14/h4-5,7,11H,2-3,6,8,14H2,1H3,(H2,15,17). The van der Waals surface area contributed by atoms with E-state index in [1.165, 1.54) is 6.42 Å². The first-order valence-electron chi connectivity index (χ1n) is 6.00. The van der Waals surface area contributed by atoms with E-state index < -0.39 is 0 Å². The SMILES string of the molecule is Cc1cc(N2CCCC2CN)ccc1C(N)=O. The fourth-order valence-electron chi connectivity index (χ4n) is 2.52. The normalized spacial score (nSPS) is 19.6. The summed E-state index contributed by atoms with van der Waals surface area (Å²) < 4.78 is 0. The van der Waals surface area contributed by atoms with Crippen LogP contribution in [0.3, 0.4) is 0 Å². The molecule has 92 valence electrons. The molecular weight excluding hydrogens is 214 g/mol. The molecule has 0 radical (unpaired) electrons. The number of anilines is 1. The third-order valence-electron chi connectivity index (χ3n) is 3.46. The lowest BCUT2D eigenvalue weighted by atomic mass is 10.1. The summed E-state index contributed by atoms with van der Waals surface area (Å²) in [4.78, 5) is 13.5. The van der Waals surface area contributed by atoms with E-state index in [-0.39, 0.29) is 5.91 Å². The van der Waals surface area contributed by atoms with Crippen molar-refractivity contribution in [3.8, 4) is 0 Å². The van der Waals surface area contributed by atoms with E-state index in [1.54, 1.807) is 6.07 Å². The van der Waals surface area contributed by atoms with Crippen LogP contribution in [0.4, 0.5) is 5.69 Å². The minimum atomic E-state index is -0.370. The number of benzene rings is 1. The van der Waals surface area contributed by atoms with Gasteiger partial charge in [0.25, 0.3) is 0 Å². The maximum absolute atomic E-state index is 11.2. The highest BCUT2D eigenvalue weighted by Gasteiger charge is 2.23. The van der Waals surface area contributed by atoms with E-state index in [4.69, 9.17) is 11.5 Å². The average Bonchev–Trinajstić information content (AvgIpc) is 2.76. The Morgan fingerprint density at radius 3 is 2.88 bits per heavy atom. The minimum absolute atomic E-state index is 0.370. The molecular formula is C13H19N3O. The van der Waals surface area contributed by atoms with Crippen LogP contribution in [0, 0.1) is 6.92 Å². The lowest BCUT2D eigenvalue weighted by Crippen LogP contribution is -2.35. The van der Waals surface area contributed by atoms with Gasteiger partial charge < -0.3 is 16.4 Å². The number of nitrogens with zero attached hydrogens (tertiary/aromatic N) is 1. The van der Waals surface area contributed by atoms with E-state index in [1.807, 2.05) is 19.1 Å². The Bertz CT molecular complexity index is 431. The molecule has 1 fully saturated rings. The van der Waals surface area contributed by atoms with Gasteiger partial charge in [-0.05, 0) is 43.5 Å². The number of hydrogen-bond acceptors (Lipinski definition) is 3. The van der Waals surface area contributed by atoms with Gasteiger partial charge in [0.2, 0.25) is 5.91 Å². The molecule has 1 aliphatic heterocycles. The van der Waals surface area contributed by atoms with Gasteiger partial charge in [-0.15, -0.1) is 0 Å². The molecule has 0 aromatic heterocycles. The summed E-state index contributed by atoms with van der Waals surface area (Å²) in [5.41, 5.74) is 13.7. The van der Waals surface area contributed by atoms with Crippen molar-refractivity contribution in [3.63, 3.8) is 0 Å². The predicted molar refractivity (Wildman–Crippen MR) is 69.1 cm³/mol. The van der Waals surface area contributed by atoms with Crippen molar-refractivity contribution in [2.45, 2.75) is 25.8 Å². The van der Waals surface area contributed by atoms with Crippen LogP contribution in [0.25, 0.3) is 0 Å². The van der Waals surface area contributed by atoms with Crippen molar-refractivity contribution in [3.05, 3.63) is 29.3 Å². The molecule has 1 amide bonds. The zero-order valence-electron chi connectivity index (χ0n) is 10.1. The summed E-state index contributed by atoms with van der Waals surface area (Å²) in [6.07, 6.45) is 2.33. The van der Waals surface area contributed by atoms with Gasteiger partial charge in [-0.2, -0.15) is 0 Å². The largest absolute Gasteiger partial charge is 0.367 e. The Labute approximate surface area is 102 Å². The number of primary amides is 1. The number of hydrogen-bond donors (Lipinski definition) is 2. The number of nitrogens with two attached hydrogens (primary N) is 2. The fraction of sp³-hybridized carbons (Fsp3) is 0.462. The van der Waals surface area contributed by atoms with E-state index in [2.05, 4.69) is 4.90 Å². The maximum atomic E-state index is 11.2. The van der Waals surface area contributed by atoms with Gasteiger partial charge in [0, 0.05) is 30.4 Å². The molecule has 1 aromatic rings. The summed E-state index contributed by atoms with van der Waals surface area (Å²) >= 11 is 0. The molecule has 4 nitrogen and oxygen atoms in total. The zero-order chi connectivity index (χ0) is 12.4. The van der Waals surface area contributed by atoms with Crippen LogP contribution >= 0.6 is 0 Å². The molecule has 1 heterocycles. The van der Waals surface area contributed by atoms with Gasteiger partial charge in [0.1, 0.15) is 0 Å². The van der Waals surface area contributed by atoms with Gasteiger partial charge in [-0.25, -0.2) is 0 Å². The molecule has 1 aliphatic rings. The van der Waals surface area contributed by atoms with Crippen molar-refractivity contribution in [2.24, 2.45) is 11.5 Å².